The molecule has 41 heavy (non-hydrogen) atoms. The van der Waals surface area contributed by atoms with Crippen molar-refractivity contribution in [2.24, 2.45) is 5.92 Å². The van der Waals surface area contributed by atoms with Crippen LogP contribution in [-0.2, 0) is 4.43 Å². The van der Waals surface area contributed by atoms with Crippen molar-refractivity contribution in [3.63, 3.8) is 0 Å². The van der Waals surface area contributed by atoms with Gasteiger partial charge in [-0.3, -0.25) is 0 Å². The Hall–Kier alpha value is -1.05. The molecule has 0 rings (SSSR count). The molecule has 0 aliphatic rings. The summed E-state index contributed by atoms with van der Waals surface area (Å²) < 4.78 is 236. The maximum Gasteiger partial charge on any atom is 0.460 e. The van der Waals surface area contributed by atoms with Gasteiger partial charge in [0.25, 0.3) is 0 Å². The molecule has 2 nitrogen and oxygen atoms in total. The van der Waals surface area contributed by atoms with Gasteiger partial charge >= 0.3 is 47.6 Å². The molecule has 20 heteroatoms. The lowest BCUT2D eigenvalue weighted by Crippen LogP contribution is -2.74. The number of aliphatic hydroxyl groups is 1. The van der Waals surface area contributed by atoms with Gasteiger partial charge in [-0.25, -0.2) is 0 Å². The Bertz CT molecular complexity index is 843. The summed E-state index contributed by atoms with van der Waals surface area (Å²) in [6.45, 7) is 6.10. The Kier molecular flexibility index (Phi) is 11.8. The lowest BCUT2D eigenvalue weighted by Gasteiger charge is -2.44. The van der Waals surface area contributed by atoms with E-state index >= 15 is 0 Å². The number of hydrogen-bond acceptors (Lipinski definition) is 2. The molecule has 0 aliphatic heterocycles. The van der Waals surface area contributed by atoms with Gasteiger partial charge in [-0.05, 0) is 23.5 Å². The van der Waals surface area contributed by atoms with Crippen LogP contribution in [0.2, 0.25) is 17.1 Å². The van der Waals surface area contributed by atoms with Gasteiger partial charge in [0.2, 0.25) is 0 Å². The number of alkyl halides is 17. The molecule has 0 aromatic rings. The first-order valence-corrected chi connectivity index (χ1v) is 14.1. The predicted octanol–water partition coefficient (Wildman–Crippen LogP) is 9.19. The van der Waals surface area contributed by atoms with E-state index in [0.29, 0.717) is 0 Å². The molecule has 0 amide bonds. The molecular weight excluding hydrogens is 635 g/mol. The van der Waals surface area contributed by atoms with E-state index in [1.54, 1.807) is 6.92 Å². The number of halogens is 17. The van der Waals surface area contributed by atoms with Crippen molar-refractivity contribution in [1.82, 2.24) is 0 Å². The van der Waals surface area contributed by atoms with Gasteiger partial charge in [-0.1, -0.05) is 34.6 Å². The SMILES string of the molecule is CC[C@@H](CO)CO[Si](CCC(F)(F)C(F)(F)C(F)(F)C(F)(F)C(F)(F)C(F)(F)C(F)(F)C(F)(F)F)(C(C)C)C(C)C. The fraction of sp³-hybridized carbons (Fsp3) is 1.00. The van der Waals surface area contributed by atoms with E-state index in [9.17, 15) is 79.7 Å². The maximum atomic E-state index is 14.5. The molecule has 0 heterocycles. The van der Waals surface area contributed by atoms with Crippen molar-refractivity contribution in [1.29, 1.82) is 0 Å². The second-order valence-electron chi connectivity index (χ2n) is 10.2. The van der Waals surface area contributed by atoms with E-state index in [2.05, 4.69) is 0 Å². The van der Waals surface area contributed by atoms with E-state index in [0.717, 1.165) is 0 Å². The lowest BCUT2D eigenvalue weighted by atomic mass is 9.88. The van der Waals surface area contributed by atoms with Crippen LogP contribution in [0.1, 0.15) is 47.5 Å². The molecule has 0 spiro atoms. The lowest BCUT2D eigenvalue weighted by molar-refractivity contribution is -0.461. The summed E-state index contributed by atoms with van der Waals surface area (Å²) >= 11 is 0. The minimum atomic E-state index is -8.64. The highest BCUT2D eigenvalue weighted by Gasteiger charge is 2.95. The third-order valence-electron chi connectivity index (χ3n) is 6.99. The van der Waals surface area contributed by atoms with Gasteiger partial charge in [0.15, 0.2) is 8.32 Å². The average Bonchev–Trinajstić information content (AvgIpc) is 2.79. The summed E-state index contributed by atoms with van der Waals surface area (Å²) in [6.07, 6.45) is -10.0. The van der Waals surface area contributed by atoms with Gasteiger partial charge in [-0.15, -0.1) is 0 Å². The van der Waals surface area contributed by atoms with E-state index in [4.69, 9.17) is 4.43 Å². The highest BCUT2D eigenvalue weighted by molar-refractivity contribution is 6.76. The third kappa shape index (κ3) is 6.43. The topological polar surface area (TPSA) is 29.5 Å². The normalized spacial score (nSPS) is 16.6. The fourth-order valence-corrected chi connectivity index (χ4v) is 8.48. The third-order valence-corrected chi connectivity index (χ3v) is 12.6. The number of aliphatic hydroxyl groups excluding tert-OH is 1. The second kappa shape index (κ2) is 12.1. The van der Waals surface area contributed by atoms with Crippen LogP contribution >= 0.6 is 0 Å². The van der Waals surface area contributed by atoms with E-state index in [1.807, 2.05) is 0 Å². The van der Waals surface area contributed by atoms with Crippen LogP contribution in [0, 0.1) is 5.92 Å². The van der Waals surface area contributed by atoms with Crippen LogP contribution in [-0.4, -0.2) is 74.3 Å². The van der Waals surface area contributed by atoms with Crippen molar-refractivity contribution in [2.45, 2.75) is 112 Å². The first-order valence-electron chi connectivity index (χ1n) is 11.8. The molecule has 0 unspecified atom stereocenters. The molecule has 0 bridgehead atoms. The van der Waals surface area contributed by atoms with Crippen molar-refractivity contribution < 1.29 is 84.2 Å². The molecule has 1 N–H and O–H groups in total. The predicted molar refractivity (Wildman–Crippen MR) is 113 cm³/mol. The zero-order valence-corrected chi connectivity index (χ0v) is 23.0. The van der Waals surface area contributed by atoms with Gasteiger partial charge in [0.05, 0.1) is 0 Å². The van der Waals surface area contributed by atoms with Gasteiger partial charge in [-0.2, -0.15) is 74.6 Å². The first-order chi connectivity index (χ1) is 17.8. The molecule has 0 saturated carbocycles. The highest BCUT2D eigenvalue weighted by Crippen LogP contribution is 2.64. The molecule has 0 aromatic carbocycles. The smallest absolute Gasteiger partial charge is 0.416 e. The first kappa shape index (κ1) is 39.9. The zero-order valence-electron chi connectivity index (χ0n) is 22.0. The molecule has 248 valence electrons. The molecule has 0 radical (unpaired) electrons. The number of hydrogen-bond donors (Lipinski definition) is 1. The molecule has 0 saturated heterocycles. The molecule has 0 fully saturated rings. The summed E-state index contributed by atoms with van der Waals surface area (Å²) in [5.41, 5.74) is -1.56. The molecule has 0 aromatic heterocycles. The van der Waals surface area contributed by atoms with E-state index in [-0.39, 0.29) is 13.0 Å². The van der Waals surface area contributed by atoms with Crippen LogP contribution in [0.25, 0.3) is 0 Å². The molecule has 1 atom stereocenters. The quantitative estimate of drug-likeness (QED) is 0.132. The zero-order chi connectivity index (χ0) is 33.5. The van der Waals surface area contributed by atoms with E-state index in [1.165, 1.54) is 27.7 Å². The Morgan fingerprint density at radius 2 is 0.927 bits per heavy atom. The summed E-state index contributed by atoms with van der Waals surface area (Å²) in [7, 11) is -3.80. The van der Waals surface area contributed by atoms with Crippen LogP contribution < -0.4 is 0 Å². The van der Waals surface area contributed by atoms with Crippen molar-refractivity contribution in [3.8, 4) is 0 Å². The van der Waals surface area contributed by atoms with Crippen molar-refractivity contribution >= 4 is 8.32 Å². The molecule has 0 aliphatic carbocycles. The Morgan fingerprint density at radius 3 is 1.22 bits per heavy atom. The van der Waals surface area contributed by atoms with Crippen molar-refractivity contribution in [3.05, 3.63) is 0 Å². The summed E-state index contributed by atoms with van der Waals surface area (Å²) in [6, 6.07) is -1.24. The van der Waals surface area contributed by atoms with Gasteiger partial charge < -0.3 is 9.53 Å². The average molecular weight is 665 g/mol. The summed E-state index contributed by atoms with van der Waals surface area (Å²) in [5.74, 6) is -57.0. The van der Waals surface area contributed by atoms with Gasteiger partial charge in [0, 0.05) is 25.6 Å². The van der Waals surface area contributed by atoms with Crippen LogP contribution in [0.5, 0.6) is 0 Å². The minimum Gasteiger partial charge on any atom is -0.416 e. The highest BCUT2D eigenvalue weighted by atomic mass is 28.4. The molecular formula is C21H29F17O2Si. The van der Waals surface area contributed by atoms with Gasteiger partial charge in [0.1, 0.15) is 0 Å². The fourth-order valence-electron chi connectivity index (χ4n) is 3.93. The van der Waals surface area contributed by atoms with Crippen molar-refractivity contribution in [2.75, 3.05) is 13.2 Å². The summed E-state index contributed by atoms with van der Waals surface area (Å²) in [4.78, 5) is 0. The standard InChI is InChI=1S/C21H29F17O2Si/c1-6-13(9-39)10-40-41(11(2)3,12(4)5)8-7-14(22,23)15(24,25)16(26,27)17(28,29)18(30,31)19(32,33)20(34,35)21(36,37)38/h11-13,39H,6-10H2,1-5H3/t13-/m0/s1. The Balaban J connectivity index is 6.66. The van der Waals surface area contributed by atoms with Crippen LogP contribution in [0.3, 0.4) is 0 Å². The monoisotopic (exact) mass is 664 g/mol. The number of rotatable bonds is 16. The maximum absolute atomic E-state index is 14.5. The van der Waals surface area contributed by atoms with E-state index < -0.39 is 92.0 Å². The minimum absolute atomic E-state index is 0.263. The summed E-state index contributed by atoms with van der Waals surface area (Å²) in [5, 5.41) is 9.29. The van der Waals surface area contributed by atoms with Crippen LogP contribution in [0.4, 0.5) is 74.6 Å². The van der Waals surface area contributed by atoms with Crippen LogP contribution in [0.15, 0.2) is 0 Å². The second-order valence-corrected chi connectivity index (χ2v) is 15.2. The Labute approximate surface area is 224 Å². The Morgan fingerprint density at radius 1 is 0.585 bits per heavy atom. The largest absolute Gasteiger partial charge is 0.460 e.